The monoisotopic (exact) mass is 479 g/mol. The Morgan fingerprint density at radius 1 is 0.971 bits per heavy atom. The first-order valence-electron chi connectivity index (χ1n) is 10.6. The summed E-state index contributed by atoms with van der Waals surface area (Å²) in [5.74, 6) is -0.628. The maximum absolute atomic E-state index is 13.4. The van der Waals surface area contributed by atoms with Gasteiger partial charge in [0.05, 0.1) is 16.8 Å². The molecule has 0 spiro atoms. The first-order valence-corrected chi connectivity index (χ1v) is 12.0. The average Bonchev–Trinajstić information content (AvgIpc) is 2.84. The molecule has 1 amide bonds. The molecule has 8 nitrogen and oxygen atoms in total. The molecule has 176 valence electrons. The van der Waals surface area contributed by atoms with Crippen molar-refractivity contribution >= 4 is 33.8 Å². The Hall–Kier alpha value is -3.98. The number of esters is 1. The molecule has 0 atom stereocenters. The highest BCUT2D eigenvalue weighted by atomic mass is 32.2. The summed E-state index contributed by atoms with van der Waals surface area (Å²) < 4.78 is 32.9. The van der Waals surface area contributed by atoms with Crippen LogP contribution in [0, 0.1) is 0 Å². The third-order valence-electron chi connectivity index (χ3n) is 4.80. The largest absolute Gasteiger partial charge is 0.427 e. The Morgan fingerprint density at radius 3 is 2.26 bits per heavy atom. The molecule has 0 aliphatic heterocycles. The van der Waals surface area contributed by atoms with Gasteiger partial charge in [-0.05, 0) is 60.0 Å². The number of nitrogens with one attached hydrogen (secondary N) is 1. The molecule has 0 saturated carbocycles. The lowest BCUT2D eigenvalue weighted by atomic mass is 10.1. The minimum Gasteiger partial charge on any atom is -0.427 e. The number of aryl methyl sites for hydroxylation is 1. The van der Waals surface area contributed by atoms with Gasteiger partial charge in [-0.3, -0.25) is 13.9 Å². The van der Waals surface area contributed by atoms with E-state index >= 15 is 0 Å². The highest BCUT2D eigenvalue weighted by Gasteiger charge is 2.28. The zero-order valence-corrected chi connectivity index (χ0v) is 19.7. The summed E-state index contributed by atoms with van der Waals surface area (Å²) in [6, 6.07) is 21.6. The summed E-state index contributed by atoms with van der Waals surface area (Å²) in [5.41, 5.74) is 4.27. The van der Waals surface area contributed by atoms with Gasteiger partial charge in [-0.1, -0.05) is 43.3 Å². The van der Waals surface area contributed by atoms with E-state index in [-0.39, 0.29) is 4.90 Å². The van der Waals surface area contributed by atoms with Gasteiger partial charge < -0.3 is 4.74 Å². The first-order chi connectivity index (χ1) is 16.3. The van der Waals surface area contributed by atoms with Gasteiger partial charge in [-0.2, -0.15) is 5.10 Å². The molecule has 0 saturated heterocycles. The Balaban J connectivity index is 1.79. The molecule has 0 bridgehead atoms. The van der Waals surface area contributed by atoms with E-state index in [4.69, 9.17) is 4.74 Å². The van der Waals surface area contributed by atoms with Crippen LogP contribution < -0.4 is 14.5 Å². The van der Waals surface area contributed by atoms with E-state index in [1.807, 2.05) is 19.1 Å². The second-order valence-corrected chi connectivity index (χ2v) is 9.13. The molecule has 9 heteroatoms. The van der Waals surface area contributed by atoms with E-state index in [0.717, 1.165) is 9.87 Å². The lowest BCUT2D eigenvalue weighted by Gasteiger charge is -2.25. The van der Waals surface area contributed by atoms with Crippen LogP contribution >= 0.6 is 0 Å². The average molecular weight is 480 g/mol. The lowest BCUT2D eigenvalue weighted by molar-refractivity contribution is -0.131. The number of anilines is 1. The molecule has 34 heavy (non-hydrogen) atoms. The number of hydrogen-bond donors (Lipinski definition) is 1. The molecule has 0 fully saturated rings. The van der Waals surface area contributed by atoms with Gasteiger partial charge in [0.25, 0.3) is 15.9 Å². The van der Waals surface area contributed by atoms with Gasteiger partial charge >= 0.3 is 5.97 Å². The number of hydrogen-bond acceptors (Lipinski definition) is 6. The van der Waals surface area contributed by atoms with Crippen molar-refractivity contribution in [1.29, 1.82) is 0 Å². The van der Waals surface area contributed by atoms with Crippen molar-refractivity contribution < 1.29 is 22.7 Å². The molecule has 1 N–H and O–H groups in total. The molecule has 0 aromatic heterocycles. The summed E-state index contributed by atoms with van der Waals surface area (Å²) in [5, 5.41) is 3.92. The van der Waals surface area contributed by atoms with Crippen LogP contribution in [0.3, 0.4) is 0 Å². The third kappa shape index (κ3) is 6.29. The molecule has 0 heterocycles. The number of carbonyl (C=O) groups is 2. The summed E-state index contributed by atoms with van der Waals surface area (Å²) in [6.07, 6.45) is 2.01. The number of rotatable bonds is 9. The lowest BCUT2D eigenvalue weighted by Crippen LogP contribution is -2.40. The maximum atomic E-state index is 13.4. The molecular weight excluding hydrogens is 454 g/mol. The zero-order chi connectivity index (χ0) is 24.6. The highest BCUT2D eigenvalue weighted by molar-refractivity contribution is 7.92. The summed E-state index contributed by atoms with van der Waals surface area (Å²) in [4.78, 5) is 23.8. The van der Waals surface area contributed by atoms with Crippen LogP contribution in [-0.4, -0.2) is 33.1 Å². The van der Waals surface area contributed by atoms with Crippen molar-refractivity contribution in [2.75, 3.05) is 10.8 Å². The molecule has 3 rings (SSSR count). The number of sulfonamides is 1. The predicted octanol–water partition coefficient (Wildman–Crippen LogP) is 3.52. The minimum absolute atomic E-state index is 0.0880. The van der Waals surface area contributed by atoms with Gasteiger partial charge in [0, 0.05) is 6.92 Å². The smallest absolute Gasteiger partial charge is 0.308 e. The molecular formula is C25H25N3O5S. The number of amides is 1. The molecule has 3 aromatic rings. The molecule has 0 radical (unpaired) electrons. The minimum atomic E-state index is -3.99. The Labute approximate surface area is 198 Å². The normalized spacial score (nSPS) is 11.2. The van der Waals surface area contributed by atoms with Gasteiger partial charge in [-0.25, -0.2) is 13.8 Å². The van der Waals surface area contributed by atoms with Gasteiger partial charge in [0.1, 0.15) is 12.3 Å². The maximum Gasteiger partial charge on any atom is 0.308 e. The topological polar surface area (TPSA) is 105 Å². The number of nitrogens with zero attached hydrogens (tertiary/aromatic N) is 2. The van der Waals surface area contributed by atoms with Crippen LogP contribution in [0.1, 0.15) is 25.0 Å². The summed E-state index contributed by atoms with van der Waals surface area (Å²) in [6.45, 7) is 2.78. The fourth-order valence-electron chi connectivity index (χ4n) is 3.20. The van der Waals surface area contributed by atoms with Crippen LogP contribution in [-0.2, 0) is 26.0 Å². The van der Waals surface area contributed by atoms with Gasteiger partial charge in [0.15, 0.2) is 0 Å². The van der Waals surface area contributed by atoms with Crippen LogP contribution in [0.5, 0.6) is 5.75 Å². The summed E-state index contributed by atoms with van der Waals surface area (Å²) in [7, 11) is -3.99. The van der Waals surface area contributed by atoms with Crippen LogP contribution in [0.25, 0.3) is 0 Å². The van der Waals surface area contributed by atoms with E-state index in [0.29, 0.717) is 23.4 Å². The first kappa shape index (κ1) is 24.7. The van der Waals surface area contributed by atoms with Gasteiger partial charge in [0.2, 0.25) is 0 Å². The van der Waals surface area contributed by atoms with Crippen molar-refractivity contribution in [1.82, 2.24) is 5.43 Å². The second-order valence-electron chi connectivity index (χ2n) is 7.26. The summed E-state index contributed by atoms with van der Waals surface area (Å²) >= 11 is 0. The van der Waals surface area contributed by atoms with Crippen molar-refractivity contribution in [2.24, 2.45) is 5.10 Å². The van der Waals surface area contributed by atoms with E-state index in [1.54, 1.807) is 54.6 Å². The van der Waals surface area contributed by atoms with Crippen LogP contribution in [0.4, 0.5) is 5.69 Å². The molecule has 0 unspecified atom stereocenters. The van der Waals surface area contributed by atoms with Crippen molar-refractivity contribution in [3.8, 4) is 5.75 Å². The SMILES string of the molecule is CCc1ccccc1N(CC(=O)N/N=C\c1ccc(OC(C)=O)cc1)S(=O)(=O)c1ccccc1. The van der Waals surface area contributed by atoms with Crippen LogP contribution in [0.15, 0.2) is 88.9 Å². The quantitative estimate of drug-likeness (QED) is 0.219. The number of ether oxygens (including phenoxy) is 1. The van der Waals surface area contributed by atoms with E-state index in [2.05, 4.69) is 10.5 Å². The van der Waals surface area contributed by atoms with E-state index in [1.165, 1.54) is 25.3 Å². The fraction of sp³-hybridized carbons (Fsp3) is 0.160. The molecule has 0 aliphatic carbocycles. The van der Waals surface area contributed by atoms with E-state index in [9.17, 15) is 18.0 Å². The Morgan fingerprint density at radius 2 is 1.62 bits per heavy atom. The second kappa shape index (κ2) is 11.2. The number of carbonyl (C=O) groups excluding carboxylic acids is 2. The Bertz CT molecular complexity index is 1270. The number of para-hydroxylation sites is 1. The Kier molecular flexibility index (Phi) is 8.15. The van der Waals surface area contributed by atoms with Crippen LogP contribution in [0.2, 0.25) is 0 Å². The molecule has 0 aliphatic rings. The van der Waals surface area contributed by atoms with E-state index < -0.39 is 28.4 Å². The standard InChI is InChI=1S/C25H25N3O5S/c1-3-21-9-7-8-12-24(21)28(34(31,32)23-10-5-4-6-11-23)18-25(30)27-26-17-20-13-15-22(16-14-20)33-19(2)29/h4-17H,3,18H2,1-2H3,(H,27,30)/b26-17-. The number of hydrazone groups is 1. The van der Waals surface area contributed by atoms with Gasteiger partial charge in [-0.15, -0.1) is 0 Å². The molecule has 3 aromatic carbocycles. The predicted molar refractivity (Wildman–Crippen MR) is 130 cm³/mol. The highest BCUT2D eigenvalue weighted by Crippen LogP contribution is 2.27. The zero-order valence-electron chi connectivity index (χ0n) is 18.8. The van der Waals surface area contributed by atoms with Crippen molar-refractivity contribution in [3.05, 3.63) is 90.0 Å². The van der Waals surface area contributed by atoms with Crippen molar-refractivity contribution in [3.63, 3.8) is 0 Å². The third-order valence-corrected chi connectivity index (χ3v) is 6.58. The van der Waals surface area contributed by atoms with Crippen molar-refractivity contribution in [2.45, 2.75) is 25.2 Å². The number of benzene rings is 3. The fourth-order valence-corrected chi connectivity index (χ4v) is 4.68.